The number of benzene rings is 2. The van der Waals surface area contributed by atoms with Crippen LogP contribution in [0.2, 0.25) is 0 Å². The van der Waals surface area contributed by atoms with Crippen molar-refractivity contribution in [1.29, 1.82) is 0 Å². The van der Waals surface area contributed by atoms with Crippen LogP contribution in [-0.4, -0.2) is 5.78 Å². The Bertz CT molecular complexity index is 620. The molecule has 2 rings (SSSR count). The highest BCUT2D eigenvalue weighted by Crippen LogP contribution is 2.23. The number of carbonyl (C=O) groups is 1. The topological polar surface area (TPSA) is 17.1 Å². The molecule has 0 bridgehead atoms. The number of halogens is 4. The lowest BCUT2D eigenvalue weighted by Gasteiger charge is -2.05. The van der Waals surface area contributed by atoms with Crippen LogP contribution >= 0.6 is 47.8 Å². The Labute approximate surface area is 135 Å². The van der Waals surface area contributed by atoms with Gasteiger partial charge in [-0.3, -0.25) is 4.79 Å². The van der Waals surface area contributed by atoms with Crippen LogP contribution in [0.5, 0.6) is 0 Å². The van der Waals surface area contributed by atoms with Gasteiger partial charge in [0.15, 0.2) is 5.78 Å². The number of hydrogen-bond donors (Lipinski definition) is 0. The maximum Gasteiger partial charge on any atom is 0.167 e. The van der Waals surface area contributed by atoms with Crippen molar-refractivity contribution in [2.24, 2.45) is 0 Å². The van der Waals surface area contributed by atoms with Gasteiger partial charge in [-0.25, -0.2) is 4.39 Å². The number of Topliss-reactive ketones (excluding diaryl/α,β-unsaturated/α-hetero) is 1. The quantitative estimate of drug-likeness (QED) is 0.561. The van der Waals surface area contributed by atoms with Gasteiger partial charge in [0.2, 0.25) is 0 Å². The largest absolute Gasteiger partial charge is 0.294 e. The Morgan fingerprint density at radius 3 is 2.21 bits per heavy atom. The molecule has 0 saturated carbocycles. The van der Waals surface area contributed by atoms with Gasteiger partial charge >= 0.3 is 0 Å². The molecule has 0 atom stereocenters. The third-order valence-corrected chi connectivity index (χ3v) is 4.20. The minimum absolute atomic E-state index is 0.0192. The Hall–Kier alpha value is -0.520. The van der Waals surface area contributed by atoms with Crippen molar-refractivity contribution >= 4 is 53.6 Å². The highest BCUT2D eigenvalue weighted by atomic mass is 79.9. The molecule has 0 aliphatic carbocycles. The highest BCUT2D eigenvalue weighted by Gasteiger charge is 2.11. The van der Waals surface area contributed by atoms with Gasteiger partial charge in [0.05, 0.1) is 0 Å². The van der Waals surface area contributed by atoms with Gasteiger partial charge in [0, 0.05) is 25.4 Å². The summed E-state index contributed by atoms with van der Waals surface area (Å²) in [5, 5.41) is 0. The smallest absolute Gasteiger partial charge is 0.167 e. The van der Waals surface area contributed by atoms with Crippen molar-refractivity contribution in [2.45, 2.75) is 6.42 Å². The van der Waals surface area contributed by atoms with Gasteiger partial charge in [0.1, 0.15) is 5.82 Å². The molecule has 0 heterocycles. The van der Waals surface area contributed by atoms with E-state index in [1.807, 2.05) is 6.07 Å². The molecule has 2 aromatic rings. The number of hydrogen-bond acceptors (Lipinski definition) is 1. The molecule has 19 heavy (non-hydrogen) atoms. The molecule has 0 aromatic heterocycles. The molecule has 5 heteroatoms. The molecule has 0 aliphatic heterocycles. The van der Waals surface area contributed by atoms with Crippen LogP contribution in [0, 0.1) is 5.82 Å². The molecule has 0 unspecified atom stereocenters. The molecule has 0 spiro atoms. The zero-order valence-electron chi connectivity index (χ0n) is 9.59. The standard InChI is InChI=1S/C14H8Br3FO/c15-10-3-9(4-11(16)6-10)14(19)5-8-1-2-12(18)7-13(8)17/h1-4,6-7H,5H2. The molecule has 2 aromatic carbocycles. The second-order valence-electron chi connectivity index (χ2n) is 3.99. The van der Waals surface area contributed by atoms with Gasteiger partial charge in [-0.15, -0.1) is 0 Å². The fourth-order valence-electron chi connectivity index (χ4n) is 1.65. The summed E-state index contributed by atoms with van der Waals surface area (Å²) in [5.74, 6) is -0.345. The fraction of sp³-hybridized carbons (Fsp3) is 0.0714. The summed E-state index contributed by atoms with van der Waals surface area (Å²) >= 11 is 9.97. The summed E-state index contributed by atoms with van der Waals surface area (Å²) in [5.41, 5.74) is 1.37. The van der Waals surface area contributed by atoms with E-state index in [1.165, 1.54) is 12.1 Å². The second kappa shape index (κ2) is 6.29. The molecule has 0 saturated heterocycles. The molecule has 0 N–H and O–H groups in total. The molecule has 0 aliphatic rings. The maximum atomic E-state index is 13.0. The summed E-state index contributed by atoms with van der Waals surface area (Å²) in [6, 6.07) is 9.73. The van der Waals surface area contributed by atoms with Crippen LogP contribution in [-0.2, 0) is 6.42 Å². The number of carbonyl (C=O) groups excluding carboxylic acids is 1. The molecule has 0 radical (unpaired) electrons. The van der Waals surface area contributed by atoms with Gasteiger partial charge in [-0.2, -0.15) is 0 Å². The van der Waals surface area contributed by atoms with Crippen molar-refractivity contribution < 1.29 is 9.18 Å². The SMILES string of the molecule is O=C(Cc1ccc(F)cc1Br)c1cc(Br)cc(Br)c1. The summed E-state index contributed by atoms with van der Waals surface area (Å²) in [6.07, 6.45) is 0.226. The lowest BCUT2D eigenvalue weighted by Crippen LogP contribution is -2.04. The van der Waals surface area contributed by atoms with Crippen LogP contribution in [0.15, 0.2) is 49.8 Å². The molecule has 0 fully saturated rings. The molecule has 1 nitrogen and oxygen atoms in total. The Morgan fingerprint density at radius 1 is 1.00 bits per heavy atom. The molecular formula is C14H8Br3FO. The van der Waals surface area contributed by atoms with Crippen LogP contribution in [0.4, 0.5) is 4.39 Å². The van der Waals surface area contributed by atoms with E-state index in [0.29, 0.717) is 10.0 Å². The lowest BCUT2D eigenvalue weighted by molar-refractivity contribution is 0.0992. The Morgan fingerprint density at radius 2 is 1.63 bits per heavy atom. The van der Waals surface area contributed by atoms with E-state index in [-0.39, 0.29) is 18.0 Å². The van der Waals surface area contributed by atoms with Gasteiger partial charge < -0.3 is 0 Å². The second-order valence-corrected chi connectivity index (χ2v) is 6.68. The van der Waals surface area contributed by atoms with E-state index in [9.17, 15) is 9.18 Å². The fourth-order valence-corrected chi connectivity index (χ4v) is 3.44. The Kier molecular flexibility index (Phi) is 4.92. The minimum atomic E-state index is -0.326. The summed E-state index contributed by atoms with van der Waals surface area (Å²) in [6.45, 7) is 0. The molecule has 0 amide bonds. The summed E-state index contributed by atoms with van der Waals surface area (Å²) in [7, 11) is 0. The van der Waals surface area contributed by atoms with Crippen LogP contribution in [0.1, 0.15) is 15.9 Å². The first-order valence-electron chi connectivity index (χ1n) is 5.39. The third-order valence-electron chi connectivity index (χ3n) is 2.55. The van der Waals surface area contributed by atoms with Crippen molar-refractivity contribution in [3.63, 3.8) is 0 Å². The third kappa shape index (κ3) is 3.97. The first-order chi connectivity index (χ1) is 8.95. The minimum Gasteiger partial charge on any atom is -0.294 e. The van der Waals surface area contributed by atoms with E-state index in [2.05, 4.69) is 47.8 Å². The van der Waals surface area contributed by atoms with Gasteiger partial charge in [-0.05, 0) is 35.9 Å². The summed E-state index contributed by atoms with van der Waals surface area (Å²) in [4.78, 5) is 12.2. The van der Waals surface area contributed by atoms with E-state index in [4.69, 9.17) is 0 Å². The van der Waals surface area contributed by atoms with E-state index in [1.54, 1.807) is 18.2 Å². The molecular weight excluding hydrogens is 443 g/mol. The number of ketones is 1. The van der Waals surface area contributed by atoms with Gasteiger partial charge in [-0.1, -0.05) is 53.9 Å². The zero-order valence-corrected chi connectivity index (χ0v) is 14.3. The first-order valence-corrected chi connectivity index (χ1v) is 7.77. The van der Waals surface area contributed by atoms with Crippen molar-refractivity contribution in [3.05, 3.63) is 66.8 Å². The van der Waals surface area contributed by atoms with Crippen LogP contribution < -0.4 is 0 Å². The van der Waals surface area contributed by atoms with Crippen molar-refractivity contribution in [1.82, 2.24) is 0 Å². The number of rotatable bonds is 3. The normalized spacial score (nSPS) is 10.5. The van der Waals surface area contributed by atoms with E-state index in [0.717, 1.165) is 14.5 Å². The summed E-state index contributed by atoms with van der Waals surface area (Å²) < 4.78 is 15.3. The highest BCUT2D eigenvalue weighted by molar-refractivity contribution is 9.11. The first kappa shape index (κ1) is 14.9. The predicted molar refractivity (Wildman–Crippen MR) is 84.0 cm³/mol. The van der Waals surface area contributed by atoms with Gasteiger partial charge in [0.25, 0.3) is 0 Å². The lowest BCUT2D eigenvalue weighted by atomic mass is 10.0. The molecule has 98 valence electrons. The monoisotopic (exact) mass is 448 g/mol. The van der Waals surface area contributed by atoms with E-state index >= 15 is 0 Å². The Balaban J connectivity index is 2.25. The average Bonchev–Trinajstić information content (AvgIpc) is 2.31. The van der Waals surface area contributed by atoms with Crippen LogP contribution in [0.25, 0.3) is 0 Å². The maximum absolute atomic E-state index is 13.0. The van der Waals surface area contributed by atoms with Crippen LogP contribution in [0.3, 0.4) is 0 Å². The average molecular weight is 451 g/mol. The zero-order chi connectivity index (χ0) is 14.0. The van der Waals surface area contributed by atoms with Crippen molar-refractivity contribution in [2.75, 3.05) is 0 Å². The van der Waals surface area contributed by atoms with E-state index < -0.39 is 0 Å². The predicted octanol–water partition coefficient (Wildman–Crippen LogP) is 5.54. The van der Waals surface area contributed by atoms with Crippen molar-refractivity contribution in [3.8, 4) is 0 Å².